The van der Waals surface area contributed by atoms with E-state index in [4.69, 9.17) is 42.6 Å². The van der Waals surface area contributed by atoms with Crippen molar-refractivity contribution in [1.29, 1.82) is 0 Å². The lowest BCUT2D eigenvalue weighted by atomic mass is 9.78. The van der Waals surface area contributed by atoms with Gasteiger partial charge in [0.15, 0.2) is 23.7 Å². The van der Waals surface area contributed by atoms with Crippen molar-refractivity contribution in [3.8, 4) is 46.0 Å². The van der Waals surface area contributed by atoms with Crippen LogP contribution in [0.25, 0.3) is 0 Å². The Labute approximate surface area is 233 Å². The van der Waals surface area contributed by atoms with E-state index in [1.165, 1.54) is 6.92 Å². The van der Waals surface area contributed by atoms with Crippen LogP contribution in [0.1, 0.15) is 35.6 Å². The van der Waals surface area contributed by atoms with Crippen LogP contribution < -0.4 is 37.9 Å². The van der Waals surface area contributed by atoms with Crippen molar-refractivity contribution in [2.45, 2.75) is 25.0 Å². The molecule has 0 aliphatic carbocycles. The number of ether oxygens (including phenoxy) is 9. The van der Waals surface area contributed by atoms with Crippen LogP contribution in [0.15, 0.2) is 42.5 Å². The zero-order valence-corrected chi connectivity index (χ0v) is 23.9. The maximum Gasteiger partial charge on any atom is 0.303 e. The molecule has 1 aliphatic rings. The van der Waals surface area contributed by atoms with Crippen molar-refractivity contribution in [3.05, 3.63) is 59.2 Å². The number of hydrogen-bond donors (Lipinski definition) is 0. The van der Waals surface area contributed by atoms with E-state index >= 15 is 0 Å². The summed E-state index contributed by atoms with van der Waals surface area (Å²) in [5.41, 5.74) is 1.94. The predicted octanol–water partition coefficient (Wildman–Crippen LogP) is 4.94. The third-order valence-electron chi connectivity index (χ3n) is 6.83. The SMILES string of the molecule is COc1cc(OC)c([C@@H]2c3c(OC)cc(OC)cc3O[C@H](c3ccc(OC)c(OC)c3)[C@H]2OC(C)=O)c(OC)c1. The fourth-order valence-corrected chi connectivity index (χ4v) is 5.07. The molecule has 3 aromatic rings. The largest absolute Gasteiger partial charge is 0.496 e. The summed E-state index contributed by atoms with van der Waals surface area (Å²) in [7, 11) is 10.9. The van der Waals surface area contributed by atoms with Crippen molar-refractivity contribution in [1.82, 2.24) is 0 Å². The van der Waals surface area contributed by atoms with Crippen molar-refractivity contribution >= 4 is 5.97 Å². The summed E-state index contributed by atoms with van der Waals surface area (Å²) in [6, 6.07) is 12.4. The van der Waals surface area contributed by atoms with Crippen LogP contribution in [0.4, 0.5) is 0 Å². The first-order valence-corrected chi connectivity index (χ1v) is 12.5. The number of carbonyl (C=O) groups excluding carboxylic acids is 1. The average Bonchev–Trinajstić information content (AvgIpc) is 2.98. The number of benzene rings is 3. The zero-order valence-electron chi connectivity index (χ0n) is 23.9. The normalized spacial score (nSPS) is 17.6. The van der Waals surface area contributed by atoms with E-state index in [1.54, 1.807) is 86.2 Å². The van der Waals surface area contributed by atoms with Crippen molar-refractivity contribution < 1.29 is 47.4 Å². The highest BCUT2D eigenvalue weighted by Crippen LogP contribution is 2.56. The van der Waals surface area contributed by atoms with E-state index in [9.17, 15) is 4.79 Å². The Kier molecular flexibility index (Phi) is 8.67. The molecule has 0 aromatic heterocycles. The summed E-state index contributed by atoms with van der Waals surface area (Å²) in [5.74, 6) is 2.83. The first-order chi connectivity index (χ1) is 19.3. The highest BCUT2D eigenvalue weighted by atomic mass is 16.6. The number of rotatable bonds is 10. The Morgan fingerprint density at radius 2 is 1.15 bits per heavy atom. The van der Waals surface area contributed by atoms with Gasteiger partial charge in [0.25, 0.3) is 0 Å². The number of fused-ring (bicyclic) bond motifs is 1. The van der Waals surface area contributed by atoms with Gasteiger partial charge < -0.3 is 42.6 Å². The van der Waals surface area contributed by atoms with Crippen molar-refractivity contribution in [2.75, 3.05) is 49.8 Å². The van der Waals surface area contributed by atoms with Gasteiger partial charge in [0.05, 0.1) is 55.7 Å². The Balaban J connectivity index is 2.08. The highest BCUT2D eigenvalue weighted by Gasteiger charge is 2.47. The summed E-state index contributed by atoms with van der Waals surface area (Å²) in [5, 5.41) is 0. The molecule has 0 radical (unpaired) electrons. The molecule has 10 heteroatoms. The molecule has 0 amide bonds. The van der Waals surface area contributed by atoms with Crippen LogP contribution in [-0.4, -0.2) is 61.8 Å². The summed E-state index contributed by atoms with van der Waals surface area (Å²) in [6.07, 6.45) is -1.67. The molecule has 0 unspecified atom stereocenters. The maximum atomic E-state index is 12.6. The fraction of sp³-hybridized carbons (Fsp3) is 0.367. The second kappa shape index (κ2) is 12.1. The van der Waals surface area contributed by atoms with Gasteiger partial charge in [-0.1, -0.05) is 6.07 Å². The number of esters is 1. The Bertz CT molecular complexity index is 1340. The Morgan fingerprint density at radius 1 is 0.625 bits per heavy atom. The first-order valence-electron chi connectivity index (χ1n) is 12.5. The summed E-state index contributed by atoms with van der Waals surface area (Å²) >= 11 is 0. The minimum Gasteiger partial charge on any atom is -0.496 e. The highest BCUT2D eigenvalue weighted by molar-refractivity contribution is 5.68. The van der Waals surface area contributed by atoms with E-state index in [0.717, 1.165) is 0 Å². The van der Waals surface area contributed by atoms with E-state index in [0.29, 0.717) is 62.7 Å². The molecule has 0 fully saturated rings. The predicted molar refractivity (Wildman–Crippen MR) is 146 cm³/mol. The average molecular weight is 555 g/mol. The van der Waals surface area contributed by atoms with Crippen molar-refractivity contribution in [2.24, 2.45) is 0 Å². The number of methoxy groups -OCH3 is 7. The molecule has 214 valence electrons. The summed E-state index contributed by atoms with van der Waals surface area (Å²) in [4.78, 5) is 12.6. The minimum absolute atomic E-state index is 0.468. The van der Waals surface area contributed by atoms with Gasteiger partial charge >= 0.3 is 5.97 Å². The molecule has 0 N–H and O–H groups in total. The van der Waals surface area contributed by atoms with Crippen LogP contribution in [0.3, 0.4) is 0 Å². The molecular formula is C30H34O10. The Morgan fingerprint density at radius 3 is 1.65 bits per heavy atom. The van der Waals surface area contributed by atoms with E-state index in [-0.39, 0.29) is 0 Å². The molecule has 0 spiro atoms. The van der Waals surface area contributed by atoms with Gasteiger partial charge in [-0.15, -0.1) is 0 Å². The molecule has 40 heavy (non-hydrogen) atoms. The molecule has 3 atom stereocenters. The summed E-state index contributed by atoms with van der Waals surface area (Å²) < 4.78 is 52.1. The smallest absolute Gasteiger partial charge is 0.303 e. The molecule has 4 rings (SSSR count). The Hall–Kier alpha value is -4.47. The van der Waals surface area contributed by atoms with E-state index in [2.05, 4.69) is 0 Å². The van der Waals surface area contributed by atoms with Gasteiger partial charge in [0.1, 0.15) is 34.5 Å². The fourth-order valence-electron chi connectivity index (χ4n) is 5.07. The van der Waals surface area contributed by atoms with Crippen molar-refractivity contribution in [3.63, 3.8) is 0 Å². The van der Waals surface area contributed by atoms with Gasteiger partial charge in [0.2, 0.25) is 0 Å². The van der Waals surface area contributed by atoms with Gasteiger partial charge in [0, 0.05) is 47.9 Å². The summed E-state index contributed by atoms with van der Waals surface area (Å²) in [6.45, 7) is 1.35. The third kappa shape index (κ3) is 5.21. The van der Waals surface area contributed by atoms with Gasteiger partial charge in [-0.2, -0.15) is 0 Å². The lowest BCUT2D eigenvalue weighted by Gasteiger charge is -2.40. The zero-order chi connectivity index (χ0) is 29.0. The molecule has 0 bridgehead atoms. The van der Waals surface area contributed by atoms with Crippen LogP contribution in [0.2, 0.25) is 0 Å². The lowest BCUT2D eigenvalue weighted by molar-refractivity contribution is -0.153. The maximum absolute atomic E-state index is 12.6. The van der Waals surface area contributed by atoms with Crippen LogP contribution in [-0.2, 0) is 9.53 Å². The van der Waals surface area contributed by atoms with Crippen LogP contribution >= 0.6 is 0 Å². The molecular weight excluding hydrogens is 520 g/mol. The molecule has 1 aliphatic heterocycles. The quantitative estimate of drug-likeness (QED) is 0.320. The standard InChI is InChI=1S/C30H34O10/c1-16(31)39-30-28(26-22(36-6)12-18(32-2)13-23(26)37-7)27-24(38-8)14-19(33-3)15-25(27)40-29(30)17-9-10-20(34-4)21(11-17)35-5/h9-15,28-30H,1-8H3/t28-,29-,30+/m1/s1. The molecule has 10 nitrogen and oxygen atoms in total. The molecule has 1 heterocycles. The van der Waals surface area contributed by atoms with Gasteiger partial charge in [-0.05, 0) is 12.1 Å². The van der Waals surface area contributed by atoms with Crippen LogP contribution in [0, 0.1) is 0 Å². The number of carbonyl (C=O) groups is 1. The van der Waals surface area contributed by atoms with E-state index < -0.39 is 24.1 Å². The number of hydrogen-bond acceptors (Lipinski definition) is 10. The van der Waals surface area contributed by atoms with Crippen LogP contribution in [0.5, 0.6) is 46.0 Å². The minimum atomic E-state index is -0.887. The van der Waals surface area contributed by atoms with E-state index in [1.807, 2.05) is 6.07 Å². The monoisotopic (exact) mass is 554 g/mol. The molecule has 0 saturated carbocycles. The second-order valence-electron chi connectivity index (χ2n) is 8.89. The molecule has 3 aromatic carbocycles. The topological polar surface area (TPSA) is 100 Å². The van der Waals surface area contributed by atoms with Gasteiger partial charge in [-0.3, -0.25) is 4.79 Å². The van der Waals surface area contributed by atoms with Gasteiger partial charge in [-0.25, -0.2) is 0 Å². The first kappa shape index (κ1) is 28.5. The molecule has 0 saturated heterocycles. The third-order valence-corrected chi connectivity index (χ3v) is 6.83. The lowest BCUT2D eigenvalue weighted by Crippen LogP contribution is -2.39. The second-order valence-corrected chi connectivity index (χ2v) is 8.89.